The van der Waals surface area contributed by atoms with Crippen LogP contribution < -0.4 is 10.2 Å². The second-order valence-corrected chi connectivity index (χ2v) is 10.7. The molecule has 3 amide bonds. The van der Waals surface area contributed by atoms with Crippen LogP contribution >= 0.6 is 11.3 Å². The van der Waals surface area contributed by atoms with Crippen molar-refractivity contribution in [3.05, 3.63) is 41.3 Å². The molecule has 0 saturated heterocycles. The van der Waals surface area contributed by atoms with Crippen molar-refractivity contribution < 1.29 is 19.5 Å². The highest BCUT2D eigenvalue weighted by atomic mass is 32.1. The van der Waals surface area contributed by atoms with Crippen LogP contribution in [0.1, 0.15) is 84.4 Å². The van der Waals surface area contributed by atoms with Crippen molar-refractivity contribution in [2.75, 3.05) is 25.0 Å². The Morgan fingerprint density at radius 1 is 1.13 bits per heavy atom. The predicted octanol–water partition coefficient (Wildman–Crippen LogP) is 7.83. The van der Waals surface area contributed by atoms with E-state index in [1.54, 1.807) is 28.2 Å². The van der Waals surface area contributed by atoms with Crippen molar-refractivity contribution in [3.63, 3.8) is 0 Å². The molecule has 0 aliphatic heterocycles. The van der Waals surface area contributed by atoms with Crippen LogP contribution in [-0.2, 0) is 9.59 Å². The number of aryl methyl sites for hydroxylation is 1. The van der Waals surface area contributed by atoms with Gasteiger partial charge in [0.2, 0.25) is 6.41 Å². The third kappa shape index (κ3) is 13.7. The first-order chi connectivity index (χ1) is 18.8. The van der Waals surface area contributed by atoms with E-state index < -0.39 is 0 Å². The molecule has 1 aromatic heterocycles. The predicted molar refractivity (Wildman–Crippen MR) is 166 cm³/mol. The van der Waals surface area contributed by atoms with Gasteiger partial charge in [-0.15, -0.1) is 11.3 Å². The third-order valence-electron chi connectivity index (χ3n) is 6.52. The molecule has 0 bridgehead atoms. The van der Waals surface area contributed by atoms with Gasteiger partial charge >= 0.3 is 6.03 Å². The van der Waals surface area contributed by atoms with Crippen LogP contribution in [0, 0.1) is 12.8 Å². The van der Waals surface area contributed by atoms with E-state index in [9.17, 15) is 9.59 Å². The standard InChI is InChI=1S/C21H29N3O2S.C7H14.C2H6.CH2O2/c1-5-12-23(21(26)22-4)13-11-16(2)24(15-25)19-14-20(27-17(19)3)18-9-7-6-8-10-18;1-7-5-3-2-4-6-7;1-2;2-1-3/h6-10,14-16H,5,11-13H2,1-4H3,(H,22,26);7H,2-6H2,1H3;1-2H3;1H,(H,2,3). The Labute approximate surface area is 240 Å². The summed E-state index contributed by atoms with van der Waals surface area (Å²) in [7, 11) is 1.64. The Morgan fingerprint density at radius 2 is 1.72 bits per heavy atom. The summed E-state index contributed by atoms with van der Waals surface area (Å²) in [6.07, 6.45) is 9.97. The topological polar surface area (TPSA) is 90.0 Å². The molecule has 8 heteroatoms. The maximum atomic E-state index is 12.0. The van der Waals surface area contributed by atoms with E-state index in [0.717, 1.165) is 46.2 Å². The molecule has 39 heavy (non-hydrogen) atoms. The molecule has 220 valence electrons. The van der Waals surface area contributed by atoms with Gasteiger partial charge in [0.15, 0.2) is 0 Å². The van der Waals surface area contributed by atoms with Crippen molar-refractivity contribution in [1.29, 1.82) is 0 Å². The number of rotatable bonds is 9. The van der Waals surface area contributed by atoms with Crippen molar-refractivity contribution in [3.8, 4) is 10.4 Å². The highest BCUT2D eigenvalue weighted by Gasteiger charge is 2.20. The number of benzene rings is 1. The Hall–Kier alpha value is -2.87. The van der Waals surface area contributed by atoms with Gasteiger partial charge in [0, 0.05) is 35.9 Å². The van der Waals surface area contributed by atoms with E-state index in [2.05, 4.69) is 37.4 Å². The van der Waals surface area contributed by atoms with E-state index in [1.807, 2.05) is 45.9 Å². The molecule has 2 aromatic rings. The van der Waals surface area contributed by atoms with Gasteiger partial charge in [0.05, 0.1) is 5.69 Å². The van der Waals surface area contributed by atoms with Gasteiger partial charge in [-0.3, -0.25) is 9.59 Å². The van der Waals surface area contributed by atoms with E-state index >= 15 is 0 Å². The van der Waals surface area contributed by atoms with Crippen LogP contribution in [0.25, 0.3) is 10.4 Å². The molecule has 1 aliphatic rings. The van der Waals surface area contributed by atoms with Crippen LogP contribution in [0.3, 0.4) is 0 Å². The summed E-state index contributed by atoms with van der Waals surface area (Å²) in [5.41, 5.74) is 2.10. The summed E-state index contributed by atoms with van der Waals surface area (Å²) in [5.74, 6) is 1.04. The first kappa shape index (κ1) is 36.1. The average molecular weight is 562 g/mol. The molecule has 3 rings (SSSR count). The van der Waals surface area contributed by atoms with E-state index in [-0.39, 0.29) is 18.5 Å². The number of amides is 3. The normalized spacial score (nSPS) is 13.1. The number of urea groups is 1. The molecular weight excluding hydrogens is 510 g/mol. The molecular formula is C31H51N3O4S. The number of anilines is 1. The fourth-order valence-corrected chi connectivity index (χ4v) is 5.43. The van der Waals surface area contributed by atoms with Crippen molar-refractivity contribution in [2.45, 2.75) is 92.5 Å². The molecule has 1 unspecified atom stereocenters. The SMILES string of the molecule is CC.CC1CCCCC1.CCCN(CCC(C)N(C=O)c1cc(-c2ccccc2)sc1C)C(=O)NC.O=CO. The number of thiophene rings is 1. The molecule has 7 nitrogen and oxygen atoms in total. The molecule has 1 saturated carbocycles. The number of nitrogens with zero attached hydrogens (tertiary/aromatic N) is 2. The first-order valence-corrected chi connectivity index (χ1v) is 15.1. The summed E-state index contributed by atoms with van der Waals surface area (Å²) >= 11 is 1.69. The minimum absolute atomic E-state index is 0.00318. The van der Waals surface area contributed by atoms with Gasteiger partial charge in [0.1, 0.15) is 0 Å². The molecule has 0 radical (unpaired) electrons. The fourth-order valence-electron chi connectivity index (χ4n) is 4.40. The highest BCUT2D eigenvalue weighted by molar-refractivity contribution is 7.16. The maximum Gasteiger partial charge on any atom is 0.317 e. The number of carbonyl (C=O) groups excluding carboxylic acids is 2. The van der Waals surface area contributed by atoms with Crippen LogP contribution in [-0.4, -0.2) is 55.1 Å². The Morgan fingerprint density at radius 3 is 2.18 bits per heavy atom. The van der Waals surface area contributed by atoms with Crippen LogP contribution in [0.2, 0.25) is 0 Å². The summed E-state index contributed by atoms with van der Waals surface area (Å²) in [6, 6.07) is 12.2. The summed E-state index contributed by atoms with van der Waals surface area (Å²) in [6.45, 7) is 13.6. The number of hydrogen-bond acceptors (Lipinski definition) is 4. The zero-order valence-corrected chi connectivity index (χ0v) is 25.9. The lowest BCUT2D eigenvalue weighted by Gasteiger charge is -2.28. The first-order valence-electron chi connectivity index (χ1n) is 14.3. The van der Waals surface area contributed by atoms with E-state index in [1.165, 1.54) is 32.1 Å². The van der Waals surface area contributed by atoms with Crippen molar-refractivity contribution >= 4 is 35.9 Å². The van der Waals surface area contributed by atoms with Gasteiger partial charge < -0.3 is 20.2 Å². The van der Waals surface area contributed by atoms with Gasteiger partial charge in [-0.05, 0) is 44.2 Å². The number of carboxylic acid groups (broad SMARTS) is 1. The number of nitrogens with one attached hydrogen (secondary N) is 1. The average Bonchev–Trinajstić information content (AvgIpc) is 3.35. The molecule has 1 fully saturated rings. The lowest BCUT2D eigenvalue weighted by molar-refractivity contribution is -0.122. The minimum Gasteiger partial charge on any atom is -0.483 e. The van der Waals surface area contributed by atoms with Gasteiger partial charge in [-0.1, -0.05) is 90.1 Å². The smallest absolute Gasteiger partial charge is 0.317 e. The Balaban J connectivity index is 0.00000100. The Kier molecular flexibility index (Phi) is 20.4. The lowest BCUT2D eigenvalue weighted by atomic mass is 9.91. The molecule has 0 spiro atoms. The van der Waals surface area contributed by atoms with Gasteiger partial charge in [0.25, 0.3) is 6.47 Å². The molecule has 1 aromatic carbocycles. The molecule has 1 aliphatic carbocycles. The second-order valence-electron chi connectivity index (χ2n) is 9.46. The summed E-state index contributed by atoms with van der Waals surface area (Å²) in [5, 5.41) is 9.57. The van der Waals surface area contributed by atoms with Gasteiger partial charge in [-0.2, -0.15) is 0 Å². The number of hydrogen-bond donors (Lipinski definition) is 2. The van der Waals surface area contributed by atoms with Crippen LogP contribution in [0.15, 0.2) is 36.4 Å². The van der Waals surface area contributed by atoms with E-state index in [4.69, 9.17) is 9.90 Å². The van der Waals surface area contributed by atoms with Crippen molar-refractivity contribution in [1.82, 2.24) is 10.2 Å². The molecule has 1 heterocycles. The molecule has 2 N–H and O–H groups in total. The molecule has 1 atom stereocenters. The maximum absolute atomic E-state index is 12.0. The second kappa shape index (κ2) is 22.0. The van der Waals surface area contributed by atoms with Gasteiger partial charge in [-0.25, -0.2) is 4.79 Å². The number of carbonyl (C=O) groups is 3. The van der Waals surface area contributed by atoms with E-state index in [0.29, 0.717) is 13.1 Å². The fraction of sp³-hybridized carbons (Fsp3) is 0.581. The largest absolute Gasteiger partial charge is 0.483 e. The quantitative estimate of drug-likeness (QED) is 0.305. The highest BCUT2D eigenvalue weighted by Crippen LogP contribution is 2.36. The minimum atomic E-state index is -0.250. The zero-order chi connectivity index (χ0) is 29.6. The zero-order valence-electron chi connectivity index (χ0n) is 25.1. The van der Waals surface area contributed by atoms with Crippen LogP contribution in [0.5, 0.6) is 0 Å². The lowest BCUT2D eigenvalue weighted by Crippen LogP contribution is -2.42. The van der Waals surface area contributed by atoms with Crippen molar-refractivity contribution in [2.24, 2.45) is 5.92 Å². The summed E-state index contributed by atoms with van der Waals surface area (Å²) in [4.78, 5) is 38.0. The summed E-state index contributed by atoms with van der Waals surface area (Å²) < 4.78 is 0. The Bertz CT molecular complexity index is 914. The van der Waals surface area contributed by atoms with Crippen LogP contribution in [0.4, 0.5) is 10.5 Å². The monoisotopic (exact) mass is 561 g/mol. The third-order valence-corrected chi connectivity index (χ3v) is 7.61.